The molecule has 0 aromatic heterocycles. The zero-order valence-electron chi connectivity index (χ0n) is 20.1. The van der Waals surface area contributed by atoms with E-state index in [-0.39, 0.29) is 30.7 Å². The van der Waals surface area contributed by atoms with Crippen molar-refractivity contribution in [3.8, 4) is 11.5 Å². The van der Waals surface area contributed by atoms with Crippen LogP contribution < -0.4 is 25.0 Å². The van der Waals surface area contributed by atoms with E-state index in [1.54, 1.807) is 36.3 Å². The van der Waals surface area contributed by atoms with E-state index in [0.717, 1.165) is 11.1 Å². The number of rotatable bonds is 10. The molecule has 0 spiro atoms. The highest BCUT2D eigenvalue weighted by Gasteiger charge is 2.35. The molecule has 0 radical (unpaired) electrons. The number of para-hydroxylation sites is 1. The van der Waals surface area contributed by atoms with Gasteiger partial charge < -0.3 is 25.0 Å². The van der Waals surface area contributed by atoms with E-state index in [4.69, 9.17) is 9.47 Å². The number of amides is 3. The summed E-state index contributed by atoms with van der Waals surface area (Å²) in [5.41, 5.74) is 2.57. The maximum atomic E-state index is 12.7. The number of hydrogen-bond acceptors (Lipinski definition) is 5. The molecule has 3 amide bonds. The smallest absolute Gasteiger partial charge is 0.258 e. The van der Waals surface area contributed by atoms with Gasteiger partial charge in [-0.25, -0.2) is 0 Å². The van der Waals surface area contributed by atoms with Crippen LogP contribution in [0, 0.1) is 5.92 Å². The van der Waals surface area contributed by atoms with Crippen molar-refractivity contribution in [2.75, 3.05) is 25.2 Å². The molecular formula is C28H29N3O5. The summed E-state index contributed by atoms with van der Waals surface area (Å²) in [6, 6.07) is 24.1. The fourth-order valence-electron chi connectivity index (χ4n) is 4.03. The Hall–Kier alpha value is -4.33. The SMILES string of the molecule is COc1ccccc1CNC(=O)[C@H]1CC(=O)N(c2ccc(OCC(=O)NCc3ccccc3)cc2)C1. The van der Waals surface area contributed by atoms with Crippen LogP contribution in [0.5, 0.6) is 11.5 Å². The van der Waals surface area contributed by atoms with E-state index in [2.05, 4.69) is 10.6 Å². The van der Waals surface area contributed by atoms with E-state index in [1.807, 2.05) is 54.6 Å². The van der Waals surface area contributed by atoms with Gasteiger partial charge in [-0.2, -0.15) is 0 Å². The third-order valence-electron chi connectivity index (χ3n) is 5.99. The molecule has 0 aliphatic carbocycles. The van der Waals surface area contributed by atoms with Crippen molar-refractivity contribution in [1.29, 1.82) is 0 Å². The van der Waals surface area contributed by atoms with Gasteiger partial charge in [-0.15, -0.1) is 0 Å². The van der Waals surface area contributed by atoms with Gasteiger partial charge in [0.25, 0.3) is 5.91 Å². The summed E-state index contributed by atoms with van der Waals surface area (Å²) in [5, 5.41) is 5.72. The molecule has 4 rings (SSSR count). The van der Waals surface area contributed by atoms with Crippen molar-refractivity contribution in [2.45, 2.75) is 19.5 Å². The van der Waals surface area contributed by atoms with Crippen molar-refractivity contribution in [3.63, 3.8) is 0 Å². The maximum Gasteiger partial charge on any atom is 0.258 e. The van der Waals surface area contributed by atoms with Gasteiger partial charge in [0.15, 0.2) is 6.61 Å². The van der Waals surface area contributed by atoms with Gasteiger partial charge in [-0.3, -0.25) is 14.4 Å². The lowest BCUT2D eigenvalue weighted by Gasteiger charge is -2.17. The highest BCUT2D eigenvalue weighted by molar-refractivity contribution is 6.00. The summed E-state index contributed by atoms with van der Waals surface area (Å²) in [7, 11) is 1.59. The third kappa shape index (κ3) is 6.41. The minimum Gasteiger partial charge on any atom is -0.496 e. The predicted molar refractivity (Wildman–Crippen MR) is 136 cm³/mol. The van der Waals surface area contributed by atoms with Crippen molar-refractivity contribution in [1.82, 2.24) is 10.6 Å². The van der Waals surface area contributed by atoms with Crippen molar-refractivity contribution >= 4 is 23.4 Å². The summed E-state index contributed by atoms with van der Waals surface area (Å²) in [5.74, 6) is 0.292. The first-order valence-corrected chi connectivity index (χ1v) is 11.8. The first kappa shape index (κ1) is 24.8. The standard InChI is InChI=1S/C28H29N3O5/c1-35-25-10-6-5-9-21(25)17-30-28(34)22-15-27(33)31(18-22)23-11-13-24(14-12-23)36-19-26(32)29-16-20-7-3-2-4-8-20/h2-14,22H,15-19H2,1H3,(H,29,32)(H,30,34)/t22-/m0/s1. The van der Waals surface area contributed by atoms with Crippen molar-refractivity contribution < 1.29 is 23.9 Å². The lowest BCUT2D eigenvalue weighted by atomic mass is 10.1. The Morgan fingerprint density at radius 1 is 0.917 bits per heavy atom. The van der Waals surface area contributed by atoms with Gasteiger partial charge in [-0.05, 0) is 35.9 Å². The first-order chi connectivity index (χ1) is 17.5. The zero-order chi connectivity index (χ0) is 25.3. The number of nitrogens with one attached hydrogen (secondary N) is 2. The van der Waals surface area contributed by atoms with E-state index in [1.165, 1.54) is 0 Å². The quantitative estimate of drug-likeness (QED) is 0.458. The molecule has 3 aromatic carbocycles. The molecule has 1 aliphatic heterocycles. The van der Waals surface area contributed by atoms with E-state index in [9.17, 15) is 14.4 Å². The molecule has 1 saturated heterocycles. The second kappa shape index (κ2) is 11.9. The molecule has 186 valence electrons. The molecule has 8 heteroatoms. The van der Waals surface area contributed by atoms with Crippen LogP contribution in [0.25, 0.3) is 0 Å². The lowest BCUT2D eigenvalue weighted by molar-refractivity contribution is -0.126. The summed E-state index contributed by atoms with van der Waals surface area (Å²) in [6.45, 7) is 0.965. The van der Waals surface area contributed by atoms with Crippen molar-refractivity contribution in [2.24, 2.45) is 5.92 Å². The summed E-state index contributed by atoms with van der Waals surface area (Å²) in [4.78, 5) is 38.9. The third-order valence-corrected chi connectivity index (χ3v) is 5.99. The molecule has 2 N–H and O–H groups in total. The number of carbonyl (C=O) groups is 3. The first-order valence-electron chi connectivity index (χ1n) is 11.8. The van der Waals surface area contributed by atoms with Crippen LogP contribution in [0.2, 0.25) is 0 Å². The van der Waals surface area contributed by atoms with Crippen LogP contribution in [-0.4, -0.2) is 38.0 Å². The molecule has 1 aliphatic rings. The zero-order valence-corrected chi connectivity index (χ0v) is 20.1. The lowest BCUT2D eigenvalue weighted by Crippen LogP contribution is -2.32. The molecule has 1 heterocycles. The molecule has 0 bridgehead atoms. The minimum absolute atomic E-state index is 0.108. The van der Waals surface area contributed by atoms with Gasteiger partial charge in [0.05, 0.1) is 13.0 Å². The fraction of sp³-hybridized carbons (Fsp3) is 0.250. The normalized spacial score (nSPS) is 14.9. The fourth-order valence-corrected chi connectivity index (χ4v) is 4.03. The van der Waals surface area contributed by atoms with Crippen LogP contribution in [0.1, 0.15) is 17.5 Å². The number of hydrogen-bond donors (Lipinski definition) is 2. The number of carbonyl (C=O) groups excluding carboxylic acids is 3. The second-order valence-electron chi connectivity index (χ2n) is 8.48. The second-order valence-corrected chi connectivity index (χ2v) is 8.48. The van der Waals surface area contributed by atoms with Gasteiger partial charge in [0, 0.05) is 37.3 Å². The number of nitrogens with zero attached hydrogens (tertiary/aromatic N) is 1. The Morgan fingerprint density at radius 2 is 1.64 bits per heavy atom. The number of benzene rings is 3. The average molecular weight is 488 g/mol. The van der Waals surface area contributed by atoms with Crippen LogP contribution in [0.15, 0.2) is 78.9 Å². The topological polar surface area (TPSA) is 97.0 Å². The molecule has 36 heavy (non-hydrogen) atoms. The average Bonchev–Trinajstić information content (AvgIpc) is 3.32. The molecule has 1 atom stereocenters. The molecule has 3 aromatic rings. The van der Waals surface area contributed by atoms with Gasteiger partial charge in [0.2, 0.25) is 11.8 Å². The Morgan fingerprint density at radius 3 is 2.39 bits per heavy atom. The van der Waals surface area contributed by atoms with Crippen LogP contribution >= 0.6 is 0 Å². The van der Waals surface area contributed by atoms with E-state index >= 15 is 0 Å². The Kier molecular flexibility index (Phi) is 8.18. The number of anilines is 1. The number of ether oxygens (including phenoxy) is 2. The summed E-state index contributed by atoms with van der Waals surface area (Å²) in [6.07, 6.45) is 0.150. The highest BCUT2D eigenvalue weighted by atomic mass is 16.5. The summed E-state index contributed by atoms with van der Waals surface area (Å²) < 4.78 is 10.9. The molecule has 1 fully saturated rings. The number of methoxy groups -OCH3 is 1. The Balaban J connectivity index is 1.25. The van der Waals surface area contributed by atoms with Crippen LogP contribution in [0.4, 0.5) is 5.69 Å². The molecular weight excluding hydrogens is 458 g/mol. The largest absolute Gasteiger partial charge is 0.496 e. The van der Waals surface area contributed by atoms with Crippen LogP contribution in [0.3, 0.4) is 0 Å². The Bertz CT molecular complexity index is 1200. The summed E-state index contributed by atoms with van der Waals surface area (Å²) >= 11 is 0. The highest BCUT2D eigenvalue weighted by Crippen LogP contribution is 2.27. The minimum atomic E-state index is -0.434. The van der Waals surface area contributed by atoms with Crippen LogP contribution in [-0.2, 0) is 27.5 Å². The van der Waals surface area contributed by atoms with Gasteiger partial charge in [0.1, 0.15) is 11.5 Å². The molecule has 8 nitrogen and oxygen atoms in total. The van der Waals surface area contributed by atoms with E-state index in [0.29, 0.717) is 36.8 Å². The monoisotopic (exact) mass is 487 g/mol. The maximum absolute atomic E-state index is 12.7. The molecule has 0 saturated carbocycles. The van der Waals surface area contributed by atoms with E-state index < -0.39 is 5.92 Å². The molecule has 0 unspecified atom stereocenters. The Labute approximate surface area is 210 Å². The van der Waals surface area contributed by atoms with Crippen molar-refractivity contribution in [3.05, 3.63) is 90.0 Å². The van der Waals surface area contributed by atoms with Gasteiger partial charge >= 0.3 is 0 Å². The van der Waals surface area contributed by atoms with Gasteiger partial charge in [-0.1, -0.05) is 48.5 Å². The predicted octanol–water partition coefficient (Wildman–Crippen LogP) is 3.06.